The number of rotatable bonds is 4. The molecule has 5 nitrogen and oxygen atoms in total. The molecule has 1 saturated heterocycles. The molecule has 1 aliphatic rings. The molecule has 4 aromatic rings. The number of carbonyl (C=O) groups is 1. The van der Waals surface area contributed by atoms with E-state index >= 15 is 0 Å². The Morgan fingerprint density at radius 3 is 2.48 bits per heavy atom. The van der Waals surface area contributed by atoms with Crippen LogP contribution in [0.1, 0.15) is 20.8 Å². The number of fused-ring (bicyclic) bond motifs is 1. The minimum absolute atomic E-state index is 0.0281. The van der Waals surface area contributed by atoms with Gasteiger partial charge in [0.15, 0.2) is 0 Å². The Hall–Kier alpha value is -2.97. The standard InChI is InChI=1S/C25H23FN4OS2/c1-16-17(2)32-23-22(16)24(28-15-27-23)33-21-6-4-3-5-20(21)25(31)30-13-11-29(12-14-30)19-9-7-18(26)8-10-19/h3-10,15H,11-14H2,1-2H3. The third kappa shape index (κ3) is 4.32. The minimum atomic E-state index is -0.240. The first-order valence-corrected chi connectivity index (χ1v) is 12.4. The fraction of sp³-hybridized carbons (Fsp3) is 0.240. The van der Waals surface area contributed by atoms with E-state index in [4.69, 9.17) is 0 Å². The Bertz CT molecular complexity index is 1310. The molecule has 33 heavy (non-hydrogen) atoms. The van der Waals surface area contributed by atoms with E-state index in [0.29, 0.717) is 31.7 Å². The molecule has 0 bridgehead atoms. The van der Waals surface area contributed by atoms with Crippen molar-refractivity contribution in [3.05, 3.63) is 76.7 Å². The first-order chi connectivity index (χ1) is 16.0. The summed E-state index contributed by atoms with van der Waals surface area (Å²) >= 11 is 3.20. The first kappa shape index (κ1) is 21.9. The molecular weight excluding hydrogens is 455 g/mol. The second-order valence-corrected chi connectivity index (χ2v) is 10.2. The van der Waals surface area contributed by atoms with Crippen LogP contribution in [-0.2, 0) is 0 Å². The molecule has 0 atom stereocenters. The van der Waals surface area contributed by atoms with Gasteiger partial charge in [0.2, 0.25) is 0 Å². The number of thiophene rings is 1. The van der Waals surface area contributed by atoms with Crippen molar-refractivity contribution in [3.63, 3.8) is 0 Å². The lowest BCUT2D eigenvalue weighted by molar-refractivity contribution is 0.0743. The zero-order valence-electron chi connectivity index (χ0n) is 18.4. The lowest BCUT2D eigenvalue weighted by Crippen LogP contribution is -2.48. The number of aryl methyl sites for hydroxylation is 2. The lowest BCUT2D eigenvalue weighted by Gasteiger charge is -2.36. The maximum Gasteiger partial charge on any atom is 0.255 e. The fourth-order valence-corrected chi connectivity index (χ4v) is 6.19. The monoisotopic (exact) mass is 478 g/mol. The van der Waals surface area contributed by atoms with Crippen LogP contribution in [0.4, 0.5) is 10.1 Å². The molecular formula is C25H23FN4OS2. The van der Waals surface area contributed by atoms with Crippen molar-refractivity contribution in [2.45, 2.75) is 23.8 Å². The number of nitrogens with zero attached hydrogens (tertiary/aromatic N) is 4. The Morgan fingerprint density at radius 1 is 1.00 bits per heavy atom. The van der Waals surface area contributed by atoms with E-state index < -0.39 is 0 Å². The summed E-state index contributed by atoms with van der Waals surface area (Å²) in [6.45, 7) is 6.86. The number of carbonyl (C=O) groups excluding carboxylic acids is 1. The predicted molar refractivity (Wildman–Crippen MR) is 132 cm³/mol. The highest BCUT2D eigenvalue weighted by Gasteiger charge is 2.25. The molecule has 2 aromatic carbocycles. The van der Waals surface area contributed by atoms with Crippen molar-refractivity contribution in [1.82, 2.24) is 14.9 Å². The number of piperazine rings is 1. The zero-order valence-corrected chi connectivity index (χ0v) is 20.0. The van der Waals surface area contributed by atoms with Crippen LogP contribution in [0.15, 0.2) is 64.8 Å². The van der Waals surface area contributed by atoms with Crippen molar-refractivity contribution in [3.8, 4) is 0 Å². The molecule has 0 saturated carbocycles. The molecule has 3 heterocycles. The summed E-state index contributed by atoms with van der Waals surface area (Å²) in [4.78, 5) is 29.6. The third-order valence-corrected chi connectivity index (χ3v) is 8.21. The SMILES string of the molecule is Cc1sc2ncnc(Sc3ccccc3C(=O)N3CCN(c4ccc(F)cc4)CC3)c2c1C. The predicted octanol–water partition coefficient (Wildman–Crippen LogP) is 5.56. The number of benzene rings is 2. The second kappa shape index (κ2) is 9.11. The molecule has 0 radical (unpaired) electrons. The number of anilines is 1. The summed E-state index contributed by atoms with van der Waals surface area (Å²) in [7, 11) is 0. The number of hydrogen-bond acceptors (Lipinski definition) is 6. The van der Waals surface area contributed by atoms with E-state index in [1.807, 2.05) is 29.2 Å². The molecule has 1 fully saturated rings. The largest absolute Gasteiger partial charge is 0.368 e. The molecule has 0 unspecified atom stereocenters. The summed E-state index contributed by atoms with van der Waals surface area (Å²) < 4.78 is 13.2. The molecule has 0 aliphatic carbocycles. The average Bonchev–Trinajstić information content (AvgIpc) is 3.14. The van der Waals surface area contributed by atoms with Crippen molar-refractivity contribution >= 4 is 44.9 Å². The van der Waals surface area contributed by atoms with Gasteiger partial charge in [0, 0.05) is 47.0 Å². The summed E-state index contributed by atoms with van der Waals surface area (Å²) in [5, 5.41) is 1.95. The van der Waals surface area contributed by atoms with Crippen molar-refractivity contribution in [2.24, 2.45) is 0 Å². The maximum atomic E-state index is 13.4. The number of hydrogen-bond donors (Lipinski definition) is 0. The van der Waals surface area contributed by atoms with Crippen LogP contribution in [0.3, 0.4) is 0 Å². The van der Waals surface area contributed by atoms with E-state index in [1.165, 1.54) is 34.3 Å². The van der Waals surface area contributed by atoms with Gasteiger partial charge >= 0.3 is 0 Å². The number of amides is 1. The Kier molecular flexibility index (Phi) is 6.03. The molecule has 1 aliphatic heterocycles. The Labute approximate surface area is 200 Å². The van der Waals surface area contributed by atoms with Crippen LogP contribution in [0.2, 0.25) is 0 Å². The van der Waals surface area contributed by atoms with Gasteiger partial charge in [-0.15, -0.1) is 11.3 Å². The topological polar surface area (TPSA) is 49.3 Å². The number of halogens is 1. The molecule has 1 amide bonds. The highest BCUT2D eigenvalue weighted by molar-refractivity contribution is 7.99. The van der Waals surface area contributed by atoms with Crippen molar-refractivity contribution < 1.29 is 9.18 Å². The molecule has 8 heteroatoms. The molecule has 0 spiro atoms. The van der Waals surface area contributed by atoms with Crippen LogP contribution >= 0.6 is 23.1 Å². The summed E-state index contributed by atoms with van der Waals surface area (Å²) in [6.07, 6.45) is 1.60. The highest BCUT2D eigenvalue weighted by Crippen LogP contribution is 2.38. The second-order valence-electron chi connectivity index (χ2n) is 8.00. The van der Waals surface area contributed by atoms with Gasteiger partial charge in [-0.05, 0) is 55.8 Å². The Morgan fingerprint density at radius 2 is 1.73 bits per heavy atom. The van der Waals surface area contributed by atoms with E-state index in [1.54, 1.807) is 29.8 Å². The van der Waals surface area contributed by atoms with Crippen LogP contribution in [0, 0.1) is 19.7 Å². The minimum Gasteiger partial charge on any atom is -0.368 e. The average molecular weight is 479 g/mol. The van der Waals surface area contributed by atoms with Crippen molar-refractivity contribution in [2.75, 3.05) is 31.1 Å². The van der Waals surface area contributed by atoms with Gasteiger partial charge in [-0.2, -0.15) is 0 Å². The van der Waals surface area contributed by atoms with Crippen LogP contribution in [0.5, 0.6) is 0 Å². The van der Waals surface area contributed by atoms with Crippen molar-refractivity contribution in [1.29, 1.82) is 0 Å². The quantitative estimate of drug-likeness (QED) is 0.360. The van der Waals surface area contributed by atoms with Gasteiger partial charge < -0.3 is 9.80 Å². The zero-order chi connectivity index (χ0) is 22.9. The Balaban J connectivity index is 1.35. The van der Waals surface area contributed by atoms with E-state index in [2.05, 4.69) is 28.7 Å². The maximum absolute atomic E-state index is 13.4. The van der Waals surface area contributed by atoms with Gasteiger partial charge in [-0.1, -0.05) is 23.9 Å². The molecule has 168 valence electrons. The summed E-state index contributed by atoms with van der Waals surface area (Å²) in [6, 6.07) is 14.3. The van der Waals surface area contributed by atoms with E-state index in [-0.39, 0.29) is 11.7 Å². The summed E-state index contributed by atoms with van der Waals surface area (Å²) in [5.41, 5.74) is 2.86. The molecule has 2 aromatic heterocycles. The fourth-order valence-electron chi connectivity index (χ4n) is 4.05. The smallest absolute Gasteiger partial charge is 0.255 e. The van der Waals surface area contributed by atoms with Gasteiger partial charge in [-0.3, -0.25) is 4.79 Å². The lowest BCUT2D eigenvalue weighted by atomic mass is 10.1. The van der Waals surface area contributed by atoms with E-state index in [0.717, 1.165) is 25.8 Å². The van der Waals surface area contributed by atoms with Gasteiger partial charge in [0.05, 0.1) is 5.56 Å². The summed E-state index contributed by atoms with van der Waals surface area (Å²) in [5.74, 6) is -0.212. The van der Waals surface area contributed by atoms with Crippen LogP contribution in [0.25, 0.3) is 10.2 Å². The molecule has 0 N–H and O–H groups in total. The third-order valence-electron chi connectivity index (χ3n) is 6.01. The first-order valence-electron chi connectivity index (χ1n) is 10.8. The van der Waals surface area contributed by atoms with Gasteiger partial charge in [-0.25, -0.2) is 14.4 Å². The number of aromatic nitrogens is 2. The normalized spacial score (nSPS) is 14.2. The van der Waals surface area contributed by atoms with E-state index in [9.17, 15) is 9.18 Å². The van der Waals surface area contributed by atoms with Gasteiger partial charge in [0.1, 0.15) is 22.0 Å². The molecule has 5 rings (SSSR count). The highest BCUT2D eigenvalue weighted by atomic mass is 32.2. The van der Waals surface area contributed by atoms with Crippen LogP contribution < -0.4 is 4.90 Å². The van der Waals surface area contributed by atoms with Crippen LogP contribution in [-0.4, -0.2) is 47.0 Å². The van der Waals surface area contributed by atoms with Gasteiger partial charge in [0.25, 0.3) is 5.91 Å².